The van der Waals surface area contributed by atoms with E-state index >= 15 is 0 Å². The van der Waals surface area contributed by atoms with Gasteiger partial charge in [0.05, 0.1) is 11.4 Å². The maximum atomic E-state index is 11.1. The molecule has 0 amide bonds. The summed E-state index contributed by atoms with van der Waals surface area (Å²) in [5, 5.41) is 0. The van der Waals surface area contributed by atoms with Crippen LogP contribution in [0.25, 0.3) is 11.4 Å². The Morgan fingerprint density at radius 2 is 1.76 bits per heavy atom. The van der Waals surface area contributed by atoms with Crippen molar-refractivity contribution in [2.24, 2.45) is 0 Å². The molecule has 0 aliphatic rings. The molecule has 2 N–H and O–H groups in total. The van der Waals surface area contributed by atoms with Crippen LogP contribution in [0.5, 0.6) is 0 Å². The van der Waals surface area contributed by atoms with Gasteiger partial charge in [-0.15, -0.1) is 0 Å². The van der Waals surface area contributed by atoms with Crippen molar-refractivity contribution in [1.29, 1.82) is 0 Å². The third-order valence-electron chi connectivity index (χ3n) is 2.81. The predicted molar refractivity (Wildman–Crippen MR) is 63.4 cm³/mol. The molecule has 0 saturated heterocycles. The van der Waals surface area contributed by atoms with Gasteiger partial charge in [-0.2, -0.15) is 0 Å². The van der Waals surface area contributed by atoms with Gasteiger partial charge in [-0.3, -0.25) is 9.59 Å². The van der Waals surface area contributed by atoms with Gasteiger partial charge in [0.25, 0.3) is 0 Å². The molecule has 0 aliphatic heterocycles. The highest BCUT2D eigenvalue weighted by Gasteiger charge is 2.18. The maximum Gasteiger partial charge on any atom is 0.166 e. The summed E-state index contributed by atoms with van der Waals surface area (Å²) in [6.45, 7) is 5.45. The Morgan fingerprint density at radius 3 is 2.24 bits per heavy atom. The van der Waals surface area contributed by atoms with Crippen molar-refractivity contribution in [3.63, 3.8) is 0 Å². The van der Waals surface area contributed by atoms with E-state index in [4.69, 9.17) is 0 Å². The van der Waals surface area contributed by atoms with E-state index in [1.165, 1.54) is 0 Å². The fourth-order valence-electron chi connectivity index (χ4n) is 1.93. The molecule has 0 aliphatic carbocycles. The summed E-state index contributed by atoms with van der Waals surface area (Å²) in [6.07, 6.45) is 1.46. The van der Waals surface area contributed by atoms with E-state index in [9.17, 15) is 9.59 Å². The summed E-state index contributed by atoms with van der Waals surface area (Å²) in [7, 11) is 0. The molecule has 5 nitrogen and oxygen atoms in total. The smallest absolute Gasteiger partial charge is 0.166 e. The third-order valence-corrected chi connectivity index (χ3v) is 2.81. The van der Waals surface area contributed by atoms with Crippen LogP contribution in [0.3, 0.4) is 0 Å². The first-order chi connectivity index (χ1) is 8.08. The number of aryl methyl sites for hydroxylation is 2. The Balaban J connectivity index is 2.70. The molecule has 0 radical (unpaired) electrons. The number of carbonyl (C=O) groups is 2. The molecule has 0 fully saturated rings. The van der Waals surface area contributed by atoms with Crippen molar-refractivity contribution in [3.8, 4) is 11.4 Å². The molecule has 2 aromatic heterocycles. The van der Waals surface area contributed by atoms with Crippen molar-refractivity contribution < 1.29 is 9.59 Å². The number of hydrogen-bond donors (Lipinski definition) is 2. The number of rotatable bonds is 3. The average molecular weight is 231 g/mol. The molecule has 2 heterocycles. The van der Waals surface area contributed by atoms with Crippen LogP contribution in [0.2, 0.25) is 0 Å². The van der Waals surface area contributed by atoms with Gasteiger partial charge in [-0.05, 0) is 26.3 Å². The molecule has 0 aromatic carbocycles. The molecule has 2 rings (SSSR count). The first kappa shape index (κ1) is 11.3. The van der Waals surface area contributed by atoms with E-state index < -0.39 is 0 Å². The Bertz CT molecular complexity index is 593. The van der Waals surface area contributed by atoms with Gasteiger partial charge in [0, 0.05) is 11.3 Å². The lowest BCUT2D eigenvalue weighted by atomic mass is 10.1. The second kappa shape index (κ2) is 4.01. The van der Waals surface area contributed by atoms with Gasteiger partial charge >= 0.3 is 0 Å². The highest BCUT2D eigenvalue weighted by atomic mass is 16.1. The van der Waals surface area contributed by atoms with Gasteiger partial charge in [0.15, 0.2) is 12.6 Å². The fourth-order valence-corrected chi connectivity index (χ4v) is 1.93. The van der Waals surface area contributed by atoms with Gasteiger partial charge in [-0.25, -0.2) is 4.98 Å². The average Bonchev–Trinajstić information content (AvgIpc) is 2.78. The molecular formula is C12H13N3O2. The minimum atomic E-state index is 0.419. The van der Waals surface area contributed by atoms with Crippen LogP contribution in [0.15, 0.2) is 0 Å². The summed E-state index contributed by atoms with van der Waals surface area (Å²) in [5.41, 5.74) is 3.71. The van der Waals surface area contributed by atoms with E-state index in [0.29, 0.717) is 34.5 Å². The number of aromatic nitrogens is 3. The summed E-state index contributed by atoms with van der Waals surface area (Å²) in [6, 6.07) is 0. The number of aldehydes is 2. The van der Waals surface area contributed by atoms with E-state index in [2.05, 4.69) is 15.0 Å². The van der Waals surface area contributed by atoms with Crippen molar-refractivity contribution in [1.82, 2.24) is 15.0 Å². The standard InChI is InChI=1S/C12H13N3O2/c1-6-9(4-16)12(15-10(6)5-17)11-7(2)13-8(3)14-11/h4-5,15H,1-3H3,(H,13,14). The van der Waals surface area contributed by atoms with Crippen LogP contribution in [0.1, 0.15) is 37.9 Å². The van der Waals surface area contributed by atoms with E-state index in [1.54, 1.807) is 6.92 Å². The molecule has 88 valence electrons. The van der Waals surface area contributed by atoms with Crippen LogP contribution < -0.4 is 0 Å². The zero-order valence-electron chi connectivity index (χ0n) is 9.92. The van der Waals surface area contributed by atoms with Crippen LogP contribution in [0, 0.1) is 20.8 Å². The zero-order valence-corrected chi connectivity index (χ0v) is 9.92. The van der Waals surface area contributed by atoms with Crippen molar-refractivity contribution in [2.75, 3.05) is 0 Å². The largest absolute Gasteiger partial charge is 0.350 e. The number of hydrogen-bond acceptors (Lipinski definition) is 3. The second-order valence-corrected chi connectivity index (χ2v) is 3.98. The summed E-state index contributed by atoms with van der Waals surface area (Å²) in [4.78, 5) is 32.3. The first-order valence-corrected chi connectivity index (χ1v) is 5.25. The van der Waals surface area contributed by atoms with E-state index in [-0.39, 0.29) is 0 Å². The summed E-state index contributed by atoms with van der Waals surface area (Å²) < 4.78 is 0. The van der Waals surface area contributed by atoms with Crippen LogP contribution >= 0.6 is 0 Å². The van der Waals surface area contributed by atoms with Crippen molar-refractivity contribution >= 4 is 12.6 Å². The molecule has 0 atom stereocenters. The maximum absolute atomic E-state index is 11.1. The quantitative estimate of drug-likeness (QED) is 0.792. The topological polar surface area (TPSA) is 78.6 Å². The fraction of sp³-hybridized carbons (Fsp3) is 0.250. The molecule has 0 bridgehead atoms. The second-order valence-electron chi connectivity index (χ2n) is 3.98. The SMILES string of the molecule is Cc1nc(-c2[nH]c(C=O)c(C)c2C=O)c(C)[nH]1. The minimum Gasteiger partial charge on any atom is -0.350 e. The van der Waals surface area contributed by atoms with Gasteiger partial charge in [-0.1, -0.05) is 0 Å². The highest BCUT2D eigenvalue weighted by molar-refractivity contribution is 5.92. The van der Waals surface area contributed by atoms with Crippen molar-refractivity contribution in [2.45, 2.75) is 20.8 Å². The highest BCUT2D eigenvalue weighted by Crippen LogP contribution is 2.26. The number of H-pyrrole nitrogens is 2. The molecule has 0 spiro atoms. The number of aromatic amines is 2. The van der Waals surface area contributed by atoms with Gasteiger partial charge < -0.3 is 9.97 Å². The third kappa shape index (κ3) is 1.69. The predicted octanol–water partition coefficient (Wildman–Crippen LogP) is 1.96. The van der Waals surface area contributed by atoms with Crippen LogP contribution in [-0.4, -0.2) is 27.5 Å². The van der Waals surface area contributed by atoms with E-state index in [1.807, 2.05) is 13.8 Å². The molecule has 5 heteroatoms. The minimum absolute atomic E-state index is 0.419. The number of carbonyl (C=O) groups excluding carboxylic acids is 2. The molecule has 17 heavy (non-hydrogen) atoms. The Morgan fingerprint density at radius 1 is 1.06 bits per heavy atom. The number of nitrogens with one attached hydrogen (secondary N) is 2. The molecule has 2 aromatic rings. The molecule has 0 saturated carbocycles. The molecule has 0 unspecified atom stereocenters. The molecular weight excluding hydrogens is 218 g/mol. The number of imidazole rings is 1. The van der Waals surface area contributed by atoms with Crippen LogP contribution in [0.4, 0.5) is 0 Å². The van der Waals surface area contributed by atoms with Crippen LogP contribution in [-0.2, 0) is 0 Å². The lowest BCUT2D eigenvalue weighted by Gasteiger charge is -1.96. The van der Waals surface area contributed by atoms with Gasteiger partial charge in [0.1, 0.15) is 11.5 Å². The Hall–Kier alpha value is -2.17. The monoisotopic (exact) mass is 231 g/mol. The Kier molecular flexibility index (Phi) is 2.67. The first-order valence-electron chi connectivity index (χ1n) is 5.25. The summed E-state index contributed by atoms with van der Waals surface area (Å²) in [5.74, 6) is 0.772. The normalized spacial score (nSPS) is 10.5. The summed E-state index contributed by atoms with van der Waals surface area (Å²) >= 11 is 0. The number of nitrogens with zero attached hydrogens (tertiary/aromatic N) is 1. The van der Waals surface area contributed by atoms with E-state index in [0.717, 1.165) is 17.8 Å². The zero-order chi connectivity index (χ0) is 12.6. The Labute approximate surface area is 98.3 Å². The van der Waals surface area contributed by atoms with Crippen molar-refractivity contribution in [3.05, 3.63) is 28.3 Å². The lowest BCUT2D eigenvalue weighted by molar-refractivity contribution is 0.111. The lowest BCUT2D eigenvalue weighted by Crippen LogP contribution is -1.88. The van der Waals surface area contributed by atoms with Gasteiger partial charge in [0.2, 0.25) is 0 Å².